The fourth-order valence-electron chi connectivity index (χ4n) is 4.28. The van der Waals surface area contributed by atoms with Crippen LogP contribution in [0.15, 0.2) is 66.7 Å². The first-order valence-electron chi connectivity index (χ1n) is 10.9. The molecule has 6 heteroatoms. The van der Waals surface area contributed by atoms with Crippen LogP contribution in [0.25, 0.3) is 10.8 Å². The largest absolute Gasteiger partial charge is 0.497 e. The SMILES string of the molecule is COc1cccc(CN(C)C(=O)CC2C(=O)NCCN2Cc2cccc3ccccc23)c1. The average Bonchev–Trinajstić information content (AvgIpc) is 2.81. The third kappa shape index (κ3) is 4.92. The number of methoxy groups -OCH3 is 1. The Labute approximate surface area is 188 Å². The second-order valence-electron chi connectivity index (χ2n) is 8.22. The Balaban J connectivity index is 1.47. The summed E-state index contributed by atoms with van der Waals surface area (Å²) in [6.45, 7) is 2.40. The molecule has 4 rings (SSSR count). The van der Waals surface area contributed by atoms with Gasteiger partial charge in [-0.2, -0.15) is 0 Å². The van der Waals surface area contributed by atoms with Gasteiger partial charge >= 0.3 is 0 Å². The minimum Gasteiger partial charge on any atom is -0.497 e. The molecule has 0 saturated carbocycles. The van der Waals surface area contributed by atoms with E-state index >= 15 is 0 Å². The first-order chi connectivity index (χ1) is 15.5. The highest BCUT2D eigenvalue weighted by Gasteiger charge is 2.32. The third-order valence-electron chi connectivity index (χ3n) is 6.04. The summed E-state index contributed by atoms with van der Waals surface area (Å²) < 4.78 is 5.27. The van der Waals surface area contributed by atoms with Crippen molar-refractivity contribution in [3.63, 3.8) is 0 Å². The molecule has 3 aromatic carbocycles. The predicted octanol–water partition coefficient (Wildman–Crippen LogP) is 3.20. The van der Waals surface area contributed by atoms with E-state index in [1.165, 1.54) is 16.3 Å². The van der Waals surface area contributed by atoms with E-state index in [0.717, 1.165) is 11.3 Å². The lowest BCUT2D eigenvalue weighted by Gasteiger charge is -2.35. The first-order valence-corrected chi connectivity index (χ1v) is 10.9. The standard InChI is InChI=1S/C26H29N3O3/c1-28(17-19-7-5-11-22(15-19)32-2)25(30)16-24-26(31)27-13-14-29(24)18-21-10-6-9-20-8-3-4-12-23(20)21/h3-12,15,24H,13-14,16-18H2,1-2H3,(H,27,31). The summed E-state index contributed by atoms with van der Waals surface area (Å²) in [5.41, 5.74) is 2.15. The molecule has 3 aromatic rings. The molecule has 1 fully saturated rings. The lowest BCUT2D eigenvalue weighted by atomic mass is 10.0. The molecule has 1 atom stereocenters. The monoisotopic (exact) mass is 431 g/mol. The van der Waals surface area contributed by atoms with Crippen LogP contribution >= 0.6 is 0 Å². The molecule has 32 heavy (non-hydrogen) atoms. The van der Waals surface area contributed by atoms with E-state index in [0.29, 0.717) is 26.2 Å². The maximum atomic E-state index is 13.0. The summed E-state index contributed by atoms with van der Waals surface area (Å²) in [7, 11) is 3.40. The normalized spacial score (nSPS) is 16.6. The lowest BCUT2D eigenvalue weighted by Crippen LogP contribution is -2.56. The summed E-state index contributed by atoms with van der Waals surface area (Å²) in [5, 5.41) is 5.29. The van der Waals surface area contributed by atoms with Crippen LogP contribution in [0.4, 0.5) is 0 Å². The summed E-state index contributed by atoms with van der Waals surface area (Å²) in [6.07, 6.45) is 0.150. The second-order valence-corrected chi connectivity index (χ2v) is 8.22. The molecule has 0 spiro atoms. The van der Waals surface area contributed by atoms with Gasteiger partial charge in [-0.25, -0.2) is 0 Å². The van der Waals surface area contributed by atoms with Crippen molar-refractivity contribution in [1.82, 2.24) is 15.1 Å². The fraction of sp³-hybridized carbons (Fsp3) is 0.308. The molecule has 0 radical (unpaired) electrons. The van der Waals surface area contributed by atoms with E-state index in [-0.39, 0.29) is 18.2 Å². The number of amides is 2. The summed E-state index contributed by atoms with van der Waals surface area (Å²) >= 11 is 0. The molecular formula is C26H29N3O3. The highest BCUT2D eigenvalue weighted by atomic mass is 16.5. The van der Waals surface area contributed by atoms with Crippen LogP contribution in [0.5, 0.6) is 5.75 Å². The Kier molecular flexibility index (Phi) is 6.71. The number of nitrogens with one attached hydrogen (secondary N) is 1. The molecule has 0 aromatic heterocycles. The maximum absolute atomic E-state index is 13.0. The Morgan fingerprint density at radius 3 is 2.75 bits per heavy atom. The van der Waals surface area contributed by atoms with Crippen molar-refractivity contribution in [3.05, 3.63) is 77.9 Å². The average molecular weight is 432 g/mol. The maximum Gasteiger partial charge on any atom is 0.237 e. The van der Waals surface area contributed by atoms with Crippen LogP contribution in [0.3, 0.4) is 0 Å². The van der Waals surface area contributed by atoms with Crippen LogP contribution in [0, 0.1) is 0 Å². The van der Waals surface area contributed by atoms with Crippen LogP contribution in [0.1, 0.15) is 17.5 Å². The second kappa shape index (κ2) is 9.83. The Bertz CT molecular complexity index is 1110. The van der Waals surface area contributed by atoms with Gasteiger partial charge in [-0.15, -0.1) is 0 Å². The number of rotatable bonds is 7. The third-order valence-corrected chi connectivity index (χ3v) is 6.04. The number of hydrogen-bond donors (Lipinski definition) is 1. The van der Waals surface area contributed by atoms with E-state index in [4.69, 9.17) is 4.74 Å². The molecule has 166 valence electrons. The Morgan fingerprint density at radius 1 is 1.12 bits per heavy atom. The molecule has 1 aliphatic heterocycles. The molecule has 1 N–H and O–H groups in total. The van der Waals surface area contributed by atoms with E-state index in [9.17, 15) is 9.59 Å². The zero-order chi connectivity index (χ0) is 22.5. The van der Waals surface area contributed by atoms with Gasteiger partial charge in [-0.05, 0) is 34.0 Å². The minimum atomic E-state index is -0.483. The zero-order valence-corrected chi connectivity index (χ0v) is 18.6. The van der Waals surface area contributed by atoms with Gasteiger partial charge in [0, 0.05) is 33.2 Å². The van der Waals surface area contributed by atoms with Crippen molar-refractivity contribution < 1.29 is 14.3 Å². The van der Waals surface area contributed by atoms with Crippen molar-refractivity contribution in [2.24, 2.45) is 0 Å². The van der Waals surface area contributed by atoms with Crippen LogP contribution < -0.4 is 10.1 Å². The smallest absolute Gasteiger partial charge is 0.237 e. The molecular weight excluding hydrogens is 402 g/mol. The number of benzene rings is 3. The van der Waals surface area contributed by atoms with Crippen LogP contribution in [0.2, 0.25) is 0 Å². The molecule has 1 heterocycles. The molecule has 0 bridgehead atoms. The highest BCUT2D eigenvalue weighted by molar-refractivity contribution is 5.89. The number of carbonyl (C=O) groups excluding carboxylic acids is 2. The minimum absolute atomic E-state index is 0.0576. The van der Waals surface area contributed by atoms with Crippen molar-refractivity contribution in [2.75, 3.05) is 27.2 Å². The van der Waals surface area contributed by atoms with E-state index in [2.05, 4.69) is 34.5 Å². The number of nitrogens with zero attached hydrogens (tertiary/aromatic N) is 2. The Morgan fingerprint density at radius 2 is 1.91 bits per heavy atom. The summed E-state index contributed by atoms with van der Waals surface area (Å²) in [6, 6.07) is 21.7. The van der Waals surface area contributed by atoms with Crippen molar-refractivity contribution >= 4 is 22.6 Å². The molecule has 1 saturated heterocycles. The quantitative estimate of drug-likeness (QED) is 0.624. The van der Waals surface area contributed by atoms with Gasteiger partial charge in [0.05, 0.1) is 19.6 Å². The highest BCUT2D eigenvalue weighted by Crippen LogP contribution is 2.23. The summed E-state index contributed by atoms with van der Waals surface area (Å²) in [4.78, 5) is 29.5. The predicted molar refractivity (Wildman–Crippen MR) is 125 cm³/mol. The van der Waals surface area contributed by atoms with E-state index in [1.54, 1.807) is 19.1 Å². The van der Waals surface area contributed by atoms with Gasteiger partial charge in [0.2, 0.25) is 11.8 Å². The molecule has 1 aliphatic rings. The van der Waals surface area contributed by atoms with Gasteiger partial charge in [0.1, 0.15) is 5.75 Å². The number of fused-ring (bicyclic) bond motifs is 1. The van der Waals surface area contributed by atoms with Gasteiger partial charge in [-0.3, -0.25) is 14.5 Å². The number of ether oxygens (including phenoxy) is 1. The van der Waals surface area contributed by atoms with Crippen molar-refractivity contribution in [3.8, 4) is 5.75 Å². The number of hydrogen-bond acceptors (Lipinski definition) is 4. The molecule has 2 amide bonds. The van der Waals surface area contributed by atoms with Crippen molar-refractivity contribution in [1.29, 1.82) is 0 Å². The van der Waals surface area contributed by atoms with E-state index < -0.39 is 6.04 Å². The van der Waals surface area contributed by atoms with Gasteiger partial charge < -0.3 is 15.0 Å². The van der Waals surface area contributed by atoms with Gasteiger partial charge in [0.25, 0.3) is 0 Å². The van der Waals surface area contributed by atoms with E-state index in [1.807, 2.05) is 42.5 Å². The van der Waals surface area contributed by atoms with Crippen molar-refractivity contribution in [2.45, 2.75) is 25.6 Å². The molecule has 6 nitrogen and oxygen atoms in total. The number of piperazine rings is 1. The van der Waals surface area contributed by atoms with Crippen LogP contribution in [-0.2, 0) is 22.7 Å². The topological polar surface area (TPSA) is 61.9 Å². The molecule has 1 unspecified atom stereocenters. The lowest BCUT2D eigenvalue weighted by molar-refractivity contribution is -0.138. The molecule has 0 aliphatic carbocycles. The Hall–Kier alpha value is -3.38. The first kappa shape index (κ1) is 21.8. The number of carbonyl (C=O) groups is 2. The fourth-order valence-corrected chi connectivity index (χ4v) is 4.28. The van der Waals surface area contributed by atoms with Gasteiger partial charge in [0.15, 0.2) is 0 Å². The zero-order valence-electron chi connectivity index (χ0n) is 18.6. The van der Waals surface area contributed by atoms with Gasteiger partial charge in [-0.1, -0.05) is 54.6 Å². The van der Waals surface area contributed by atoms with Crippen LogP contribution in [-0.4, -0.2) is 54.9 Å². The summed E-state index contributed by atoms with van der Waals surface area (Å²) in [5.74, 6) is 0.619.